The average molecular weight is 572 g/mol. The van der Waals surface area contributed by atoms with Gasteiger partial charge in [-0.25, -0.2) is 13.2 Å². The lowest BCUT2D eigenvalue weighted by Crippen LogP contribution is -2.47. The van der Waals surface area contributed by atoms with E-state index in [2.05, 4.69) is 4.90 Å². The lowest BCUT2D eigenvalue weighted by Gasteiger charge is -2.37. The molecule has 5 rings (SSSR count). The number of ether oxygens (including phenoxy) is 1. The zero-order valence-corrected chi connectivity index (χ0v) is 22.8. The van der Waals surface area contributed by atoms with E-state index < -0.39 is 27.2 Å². The number of alkyl halides is 3. The van der Waals surface area contributed by atoms with Crippen molar-refractivity contribution in [2.75, 3.05) is 50.8 Å². The van der Waals surface area contributed by atoms with Crippen LogP contribution in [-0.2, 0) is 32.1 Å². The van der Waals surface area contributed by atoms with E-state index in [-0.39, 0.29) is 42.5 Å². The molecule has 4 aliphatic rings. The van der Waals surface area contributed by atoms with Crippen molar-refractivity contribution in [3.8, 4) is 0 Å². The van der Waals surface area contributed by atoms with Gasteiger partial charge in [0.05, 0.1) is 23.6 Å². The number of piperidine rings is 1. The van der Waals surface area contributed by atoms with Crippen molar-refractivity contribution in [3.05, 3.63) is 35.4 Å². The summed E-state index contributed by atoms with van der Waals surface area (Å²) in [5, 5.41) is 0. The Kier molecular flexibility index (Phi) is 7.89. The number of hydrogen-bond donors (Lipinski definition) is 0. The molecule has 1 aromatic rings. The molecule has 3 heterocycles. The molecule has 3 saturated heterocycles. The van der Waals surface area contributed by atoms with Gasteiger partial charge in [-0.15, -0.1) is 0 Å². The topological polar surface area (TPSA) is 87.2 Å². The summed E-state index contributed by atoms with van der Waals surface area (Å²) in [5.41, 5.74) is -0.347. The van der Waals surface area contributed by atoms with E-state index in [1.807, 2.05) is 0 Å². The van der Waals surface area contributed by atoms with E-state index in [9.17, 15) is 31.2 Å². The number of halogens is 3. The zero-order valence-electron chi connectivity index (χ0n) is 22.0. The second kappa shape index (κ2) is 10.9. The van der Waals surface area contributed by atoms with Crippen LogP contribution < -0.4 is 0 Å². The van der Waals surface area contributed by atoms with Crippen LogP contribution in [0.2, 0.25) is 0 Å². The molecule has 0 atom stereocenters. The Labute approximate surface area is 227 Å². The molecule has 0 aromatic heterocycles. The van der Waals surface area contributed by atoms with E-state index in [4.69, 9.17) is 4.74 Å². The summed E-state index contributed by atoms with van der Waals surface area (Å²) in [6.07, 6.45) is -0.0738. The maximum absolute atomic E-state index is 12.9. The van der Waals surface area contributed by atoms with Crippen molar-refractivity contribution in [2.45, 2.75) is 56.8 Å². The molecule has 1 aromatic carbocycles. The highest BCUT2D eigenvalue weighted by molar-refractivity contribution is 7.91. The minimum Gasteiger partial charge on any atom is -0.441 e. The second-order valence-corrected chi connectivity index (χ2v) is 13.9. The Morgan fingerprint density at radius 1 is 0.974 bits per heavy atom. The van der Waals surface area contributed by atoms with Gasteiger partial charge in [0.2, 0.25) is 5.91 Å². The van der Waals surface area contributed by atoms with Crippen molar-refractivity contribution in [1.29, 1.82) is 0 Å². The number of benzene rings is 1. The number of carbonyl (C=O) groups is 2. The average Bonchev–Trinajstić information content (AvgIpc) is 3.19. The Bertz CT molecular complexity index is 1140. The highest BCUT2D eigenvalue weighted by atomic mass is 32.2. The molecule has 1 spiro atoms. The Morgan fingerprint density at radius 2 is 1.59 bits per heavy atom. The molecule has 1 saturated carbocycles. The molecule has 3 aliphatic heterocycles. The van der Waals surface area contributed by atoms with Gasteiger partial charge in [0.25, 0.3) is 0 Å². The maximum atomic E-state index is 12.9. The molecule has 0 N–H and O–H groups in total. The molecule has 12 heteroatoms. The molecule has 216 valence electrons. The van der Waals surface area contributed by atoms with Gasteiger partial charge >= 0.3 is 12.3 Å². The molecule has 8 nitrogen and oxygen atoms in total. The van der Waals surface area contributed by atoms with Crippen LogP contribution in [0.4, 0.5) is 18.0 Å². The molecule has 0 radical (unpaired) electrons. The summed E-state index contributed by atoms with van der Waals surface area (Å²) in [6.45, 7) is 3.68. The summed E-state index contributed by atoms with van der Waals surface area (Å²) < 4.78 is 67.6. The van der Waals surface area contributed by atoms with Crippen LogP contribution in [-0.4, -0.2) is 91.5 Å². The highest BCUT2D eigenvalue weighted by Crippen LogP contribution is 2.37. The van der Waals surface area contributed by atoms with Crippen LogP contribution in [0, 0.1) is 11.8 Å². The van der Waals surface area contributed by atoms with Crippen LogP contribution in [0.5, 0.6) is 0 Å². The summed E-state index contributed by atoms with van der Waals surface area (Å²) in [4.78, 5) is 31.3. The molecule has 1 aliphatic carbocycles. The first-order valence-electron chi connectivity index (χ1n) is 13.8. The molecule has 4 fully saturated rings. The molecule has 0 bridgehead atoms. The van der Waals surface area contributed by atoms with E-state index >= 15 is 0 Å². The predicted octanol–water partition coefficient (Wildman–Crippen LogP) is 3.56. The fourth-order valence-corrected chi connectivity index (χ4v) is 7.57. The zero-order chi connectivity index (χ0) is 27.8. The van der Waals surface area contributed by atoms with Crippen molar-refractivity contribution in [3.63, 3.8) is 0 Å². The van der Waals surface area contributed by atoms with E-state index in [0.29, 0.717) is 51.5 Å². The van der Waals surface area contributed by atoms with Gasteiger partial charge in [-0.1, -0.05) is 12.1 Å². The van der Waals surface area contributed by atoms with Gasteiger partial charge in [0.15, 0.2) is 9.84 Å². The minimum atomic E-state index is -4.34. The monoisotopic (exact) mass is 571 g/mol. The summed E-state index contributed by atoms with van der Waals surface area (Å²) in [7, 11) is -3.02. The van der Waals surface area contributed by atoms with Crippen molar-refractivity contribution < 1.29 is 35.9 Å². The smallest absolute Gasteiger partial charge is 0.416 e. The fraction of sp³-hybridized carbons (Fsp3) is 0.704. The van der Waals surface area contributed by atoms with Gasteiger partial charge in [-0.05, 0) is 49.3 Å². The number of hydrogen-bond acceptors (Lipinski definition) is 6. The SMILES string of the molecule is O=C1OC2(CCN(Cc3ccc(C(F)(F)F)cc3)CC2)CN1C[C@H]1CC[C@H](C(=O)N2CCS(=O)(=O)CC2)CC1. The van der Waals surface area contributed by atoms with Gasteiger partial charge in [0, 0.05) is 58.0 Å². The van der Waals surface area contributed by atoms with Crippen LogP contribution in [0.15, 0.2) is 24.3 Å². The van der Waals surface area contributed by atoms with Gasteiger partial charge in [-0.3, -0.25) is 9.69 Å². The van der Waals surface area contributed by atoms with Crippen LogP contribution in [0.1, 0.15) is 49.7 Å². The normalized spacial score (nSPS) is 27.5. The third kappa shape index (κ3) is 6.70. The van der Waals surface area contributed by atoms with E-state index in [1.165, 1.54) is 12.1 Å². The summed E-state index contributed by atoms with van der Waals surface area (Å²) >= 11 is 0. The third-order valence-electron chi connectivity index (χ3n) is 8.83. The Balaban J connectivity index is 1.06. The second-order valence-electron chi connectivity index (χ2n) is 11.6. The minimum absolute atomic E-state index is 0.0414. The van der Waals surface area contributed by atoms with Crippen molar-refractivity contribution in [1.82, 2.24) is 14.7 Å². The van der Waals surface area contributed by atoms with Crippen molar-refractivity contribution in [2.24, 2.45) is 11.8 Å². The van der Waals surface area contributed by atoms with Gasteiger partial charge in [0.1, 0.15) is 5.60 Å². The largest absolute Gasteiger partial charge is 0.441 e. The van der Waals surface area contributed by atoms with Crippen LogP contribution >= 0.6 is 0 Å². The predicted molar refractivity (Wildman–Crippen MR) is 137 cm³/mol. The Morgan fingerprint density at radius 3 is 2.18 bits per heavy atom. The van der Waals surface area contributed by atoms with E-state index in [1.54, 1.807) is 9.80 Å². The fourth-order valence-electron chi connectivity index (χ4n) is 6.36. The number of sulfone groups is 1. The van der Waals surface area contributed by atoms with Crippen LogP contribution in [0.3, 0.4) is 0 Å². The van der Waals surface area contributed by atoms with Crippen molar-refractivity contribution >= 4 is 21.8 Å². The molecular formula is C27H36F3N3O5S. The third-order valence-corrected chi connectivity index (χ3v) is 10.4. The first kappa shape index (κ1) is 28.2. The summed E-state index contributed by atoms with van der Waals surface area (Å²) in [5.74, 6) is 0.372. The lowest BCUT2D eigenvalue weighted by atomic mass is 9.81. The number of nitrogens with zero attached hydrogens (tertiary/aromatic N) is 3. The standard InChI is InChI=1S/C27H36F3N3O5S/c28-27(29,30)23-7-3-20(4-8-23)17-31-11-9-26(10-12-31)19-33(25(35)38-26)18-21-1-5-22(6-2-21)24(34)32-13-15-39(36,37)16-14-32/h3-4,7-8,21-22H,1-2,5-6,9-19H2/t21-,22-. The number of carbonyl (C=O) groups excluding carboxylic acids is 2. The Hall–Kier alpha value is -2.34. The number of likely N-dealkylation sites (tertiary alicyclic amines) is 1. The number of rotatable bonds is 5. The molecule has 0 unspecified atom stereocenters. The first-order chi connectivity index (χ1) is 18.4. The van der Waals surface area contributed by atoms with Gasteiger partial charge < -0.3 is 14.5 Å². The quantitative estimate of drug-likeness (QED) is 0.537. The molecular weight excluding hydrogens is 535 g/mol. The number of amides is 2. The van der Waals surface area contributed by atoms with E-state index in [0.717, 1.165) is 43.4 Å². The van der Waals surface area contributed by atoms with Crippen LogP contribution in [0.25, 0.3) is 0 Å². The maximum Gasteiger partial charge on any atom is 0.416 e. The molecule has 2 amide bonds. The van der Waals surface area contributed by atoms with Gasteiger partial charge in [-0.2, -0.15) is 13.2 Å². The molecule has 39 heavy (non-hydrogen) atoms. The lowest BCUT2D eigenvalue weighted by molar-refractivity contribution is -0.138. The first-order valence-corrected chi connectivity index (χ1v) is 15.6. The highest BCUT2D eigenvalue weighted by Gasteiger charge is 2.47. The summed E-state index contributed by atoms with van der Waals surface area (Å²) in [6, 6.07) is 5.26.